The van der Waals surface area contributed by atoms with E-state index in [1.54, 1.807) is 6.07 Å². The zero-order chi connectivity index (χ0) is 15.4. The molecule has 0 amide bonds. The van der Waals surface area contributed by atoms with Crippen molar-refractivity contribution in [2.24, 2.45) is 17.6 Å². The molecule has 0 spiro atoms. The molecule has 21 heavy (non-hydrogen) atoms. The number of hydrogen-bond donors (Lipinski definition) is 1. The molecule has 1 aromatic heterocycles. The van der Waals surface area contributed by atoms with Gasteiger partial charge in [-0.2, -0.15) is 4.98 Å². The van der Waals surface area contributed by atoms with Crippen molar-refractivity contribution in [3.63, 3.8) is 0 Å². The molecule has 0 saturated heterocycles. The van der Waals surface area contributed by atoms with Crippen LogP contribution in [-0.2, 0) is 6.42 Å². The first-order chi connectivity index (χ1) is 9.99. The summed E-state index contributed by atoms with van der Waals surface area (Å²) in [7, 11) is 0. The van der Waals surface area contributed by atoms with E-state index in [1.807, 2.05) is 0 Å². The van der Waals surface area contributed by atoms with Crippen LogP contribution in [0.3, 0.4) is 0 Å². The molecular weight excluding hydrogens is 293 g/mol. The Morgan fingerprint density at radius 3 is 2.76 bits per heavy atom. The van der Waals surface area contributed by atoms with E-state index in [2.05, 4.69) is 24.0 Å². The summed E-state index contributed by atoms with van der Waals surface area (Å²) in [4.78, 5) is 4.33. The molecule has 2 rings (SSSR count). The Labute approximate surface area is 128 Å². The highest BCUT2D eigenvalue weighted by molar-refractivity contribution is 6.31. The van der Waals surface area contributed by atoms with E-state index in [0.29, 0.717) is 42.1 Å². The van der Waals surface area contributed by atoms with Gasteiger partial charge in [0.1, 0.15) is 5.82 Å². The molecule has 0 aliphatic carbocycles. The highest BCUT2D eigenvalue weighted by Gasteiger charge is 2.16. The van der Waals surface area contributed by atoms with E-state index < -0.39 is 5.82 Å². The minimum atomic E-state index is -0.468. The highest BCUT2D eigenvalue weighted by Crippen LogP contribution is 2.23. The molecule has 0 aliphatic rings. The maximum absolute atomic E-state index is 13.1. The Morgan fingerprint density at radius 2 is 2.14 bits per heavy atom. The number of nitrogens with two attached hydrogens (primary N) is 1. The first kappa shape index (κ1) is 15.9. The molecule has 6 heteroatoms. The van der Waals surface area contributed by atoms with Gasteiger partial charge in [0.25, 0.3) is 0 Å². The van der Waals surface area contributed by atoms with Crippen LogP contribution >= 0.6 is 11.6 Å². The average Bonchev–Trinajstić information content (AvgIpc) is 2.89. The predicted octanol–water partition coefficient (Wildman–Crippen LogP) is 3.69. The fraction of sp³-hybridized carbons (Fsp3) is 0.467. The van der Waals surface area contributed by atoms with E-state index in [1.165, 1.54) is 12.1 Å². The normalized spacial score (nSPS) is 12.9. The lowest BCUT2D eigenvalue weighted by Crippen LogP contribution is -2.19. The summed E-state index contributed by atoms with van der Waals surface area (Å²) in [6.07, 6.45) is 1.66. The van der Waals surface area contributed by atoms with E-state index in [-0.39, 0.29) is 5.02 Å². The lowest BCUT2D eigenvalue weighted by molar-refractivity contribution is 0.332. The standard InChI is InChI=1S/C15H19ClFN3O/c1-9(2)5-10(8-18)6-14-19-15(20-21-14)11-3-4-13(17)12(16)7-11/h3-4,7,9-10H,5-6,8,18H2,1-2H3/t10-/m0/s1. The first-order valence-electron chi connectivity index (χ1n) is 6.97. The zero-order valence-electron chi connectivity index (χ0n) is 12.1. The van der Waals surface area contributed by atoms with Crippen LogP contribution in [0.4, 0.5) is 4.39 Å². The van der Waals surface area contributed by atoms with Crippen molar-refractivity contribution < 1.29 is 8.91 Å². The maximum Gasteiger partial charge on any atom is 0.227 e. The van der Waals surface area contributed by atoms with Crippen LogP contribution in [0.1, 0.15) is 26.2 Å². The van der Waals surface area contributed by atoms with Gasteiger partial charge in [-0.15, -0.1) is 0 Å². The topological polar surface area (TPSA) is 64.9 Å². The van der Waals surface area contributed by atoms with E-state index in [0.717, 1.165) is 6.42 Å². The first-order valence-corrected chi connectivity index (χ1v) is 7.35. The summed E-state index contributed by atoms with van der Waals surface area (Å²) >= 11 is 5.76. The minimum Gasteiger partial charge on any atom is -0.339 e. The minimum absolute atomic E-state index is 0.0403. The molecule has 2 aromatic rings. The van der Waals surface area contributed by atoms with E-state index in [9.17, 15) is 4.39 Å². The summed E-state index contributed by atoms with van der Waals surface area (Å²) < 4.78 is 18.4. The van der Waals surface area contributed by atoms with Crippen LogP contribution in [0, 0.1) is 17.7 Å². The fourth-order valence-corrected chi connectivity index (χ4v) is 2.45. The summed E-state index contributed by atoms with van der Waals surface area (Å²) in [5.74, 6) is 1.37. The lowest BCUT2D eigenvalue weighted by Gasteiger charge is -2.14. The predicted molar refractivity (Wildman–Crippen MR) is 80.4 cm³/mol. The van der Waals surface area contributed by atoms with Crippen LogP contribution in [0.15, 0.2) is 22.7 Å². The summed E-state index contributed by atoms with van der Waals surface area (Å²) in [6.45, 7) is 4.89. The zero-order valence-corrected chi connectivity index (χ0v) is 12.9. The van der Waals surface area contributed by atoms with Gasteiger partial charge in [-0.3, -0.25) is 0 Å². The molecule has 0 fully saturated rings. The Bertz CT molecular complexity index is 600. The molecule has 0 bridgehead atoms. The van der Waals surface area contributed by atoms with Crippen molar-refractivity contribution in [1.82, 2.24) is 10.1 Å². The molecular formula is C15H19ClFN3O. The van der Waals surface area contributed by atoms with Crippen LogP contribution in [0.5, 0.6) is 0 Å². The molecule has 0 aliphatic heterocycles. The Hall–Kier alpha value is -1.46. The third kappa shape index (κ3) is 4.25. The lowest BCUT2D eigenvalue weighted by atomic mass is 9.94. The Morgan fingerprint density at radius 1 is 1.38 bits per heavy atom. The van der Waals surface area contributed by atoms with Crippen molar-refractivity contribution in [3.05, 3.63) is 34.9 Å². The van der Waals surface area contributed by atoms with Crippen LogP contribution < -0.4 is 5.73 Å². The molecule has 0 radical (unpaired) electrons. The second-order valence-electron chi connectivity index (χ2n) is 5.58. The fourth-order valence-electron chi connectivity index (χ4n) is 2.27. The van der Waals surface area contributed by atoms with Crippen LogP contribution in [0.25, 0.3) is 11.4 Å². The van der Waals surface area contributed by atoms with Gasteiger partial charge in [0.15, 0.2) is 0 Å². The van der Waals surface area contributed by atoms with Gasteiger partial charge in [-0.25, -0.2) is 4.39 Å². The second-order valence-corrected chi connectivity index (χ2v) is 5.98. The Balaban J connectivity index is 2.11. The molecule has 114 valence electrons. The number of benzene rings is 1. The smallest absolute Gasteiger partial charge is 0.227 e. The van der Waals surface area contributed by atoms with Crippen LogP contribution in [0.2, 0.25) is 5.02 Å². The maximum atomic E-state index is 13.1. The monoisotopic (exact) mass is 311 g/mol. The second kappa shape index (κ2) is 7.00. The Kier molecular flexibility index (Phi) is 5.31. The summed E-state index contributed by atoms with van der Waals surface area (Å²) in [6, 6.07) is 4.35. The number of nitrogens with zero attached hydrogens (tertiary/aromatic N) is 2. The average molecular weight is 312 g/mol. The van der Waals surface area contributed by atoms with Gasteiger partial charge in [-0.05, 0) is 43.0 Å². The largest absolute Gasteiger partial charge is 0.339 e. The van der Waals surface area contributed by atoms with Crippen LogP contribution in [-0.4, -0.2) is 16.7 Å². The number of aromatic nitrogens is 2. The van der Waals surface area contributed by atoms with Gasteiger partial charge in [0, 0.05) is 12.0 Å². The van der Waals surface area contributed by atoms with Crippen molar-refractivity contribution >= 4 is 11.6 Å². The van der Waals surface area contributed by atoms with Crippen molar-refractivity contribution in [1.29, 1.82) is 0 Å². The van der Waals surface area contributed by atoms with Gasteiger partial charge < -0.3 is 10.3 Å². The van der Waals surface area contributed by atoms with E-state index in [4.69, 9.17) is 21.9 Å². The van der Waals surface area contributed by atoms with E-state index >= 15 is 0 Å². The molecule has 1 atom stereocenters. The van der Waals surface area contributed by atoms with Gasteiger partial charge in [0.05, 0.1) is 5.02 Å². The van der Waals surface area contributed by atoms with Crippen molar-refractivity contribution in [2.75, 3.05) is 6.54 Å². The molecule has 2 N–H and O–H groups in total. The number of hydrogen-bond acceptors (Lipinski definition) is 4. The molecule has 4 nitrogen and oxygen atoms in total. The summed E-state index contributed by atoms with van der Waals surface area (Å²) in [5, 5.41) is 3.96. The van der Waals surface area contributed by atoms with Crippen molar-refractivity contribution in [3.8, 4) is 11.4 Å². The van der Waals surface area contributed by atoms with Gasteiger partial charge in [-0.1, -0.05) is 30.6 Å². The third-order valence-corrected chi connectivity index (χ3v) is 3.54. The third-order valence-electron chi connectivity index (χ3n) is 3.25. The SMILES string of the molecule is CC(C)C[C@H](CN)Cc1nc(-c2ccc(F)c(Cl)c2)no1. The van der Waals surface area contributed by atoms with Gasteiger partial charge >= 0.3 is 0 Å². The van der Waals surface area contributed by atoms with Gasteiger partial charge in [0.2, 0.25) is 11.7 Å². The molecule has 1 aromatic carbocycles. The number of rotatable bonds is 6. The van der Waals surface area contributed by atoms with Crippen molar-refractivity contribution in [2.45, 2.75) is 26.7 Å². The highest BCUT2D eigenvalue weighted by atomic mass is 35.5. The number of halogens is 2. The molecule has 0 saturated carbocycles. The molecule has 1 heterocycles. The summed E-state index contributed by atoms with van der Waals surface area (Å²) in [5.41, 5.74) is 6.40. The molecule has 0 unspecified atom stereocenters. The quantitative estimate of drug-likeness (QED) is 0.883.